The predicted molar refractivity (Wildman–Crippen MR) is 68.0 cm³/mol. The molecular weight excluding hydrogens is 232 g/mol. The van der Waals surface area contributed by atoms with E-state index in [0.717, 1.165) is 0 Å². The highest BCUT2D eigenvalue weighted by molar-refractivity contribution is 5.97. The van der Waals surface area contributed by atoms with E-state index in [1.54, 1.807) is 15.8 Å². The molecule has 0 aliphatic carbocycles. The average molecular weight is 252 g/mol. The molecule has 0 aromatic carbocycles. The summed E-state index contributed by atoms with van der Waals surface area (Å²) in [5, 5.41) is 14.3. The van der Waals surface area contributed by atoms with Gasteiger partial charge in [-0.25, -0.2) is 0 Å². The van der Waals surface area contributed by atoms with Crippen molar-refractivity contribution in [1.29, 1.82) is 0 Å². The zero-order valence-corrected chi connectivity index (χ0v) is 11.1. The van der Waals surface area contributed by atoms with Gasteiger partial charge in [0.05, 0.1) is 18.8 Å². The number of nitrogens with two attached hydrogens (primary N) is 1. The molecule has 0 radical (unpaired) electrons. The minimum Gasteiger partial charge on any atom is -0.396 e. The summed E-state index contributed by atoms with van der Waals surface area (Å²) in [7, 11) is 0. The quantitative estimate of drug-likeness (QED) is 0.812. The fourth-order valence-corrected chi connectivity index (χ4v) is 2.04. The third kappa shape index (κ3) is 1.96. The molecule has 3 N–H and O–H groups in total. The van der Waals surface area contributed by atoms with Gasteiger partial charge in [0.15, 0.2) is 5.69 Å². The van der Waals surface area contributed by atoms with Crippen LogP contribution in [0.25, 0.3) is 0 Å². The van der Waals surface area contributed by atoms with E-state index < -0.39 is 5.60 Å². The summed E-state index contributed by atoms with van der Waals surface area (Å²) in [6.07, 6.45) is 1.65. The van der Waals surface area contributed by atoms with Gasteiger partial charge in [-0.2, -0.15) is 5.10 Å². The molecule has 0 saturated carbocycles. The van der Waals surface area contributed by atoms with Crippen molar-refractivity contribution in [3.63, 3.8) is 0 Å². The lowest BCUT2D eigenvalue weighted by molar-refractivity contribution is -0.111. The summed E-state index contributed by atoms with van der Waals surface area (Å²) in [5.74, 6) is -0.0721. The second kappa shape index (κ2) is 4.28. The zero-order valence-electron chi connectivity index (χ0n) is 11.1. The average Bonchev–Trinajstić information content (AvgIpc) is 2.65. The molecule has 1 fully saturated rings. The van der Waals surface area contributed by atoms with Crippen molar-refractivity contribution in [3.8, 4) is 0 Å². The minimum atomic E-state index is -0.766. The summed E-state index contributed by atoms with van der Waals surface area (Å²) < 4.78 is 1.64. The molecule has 1 saturated heterocycles. The third-order valence-electron chi connectivity index (χ3n) is 3.61. The first kappa shape index (κ1) is 12.9. The van der Waals surface area contributed by atoms with E-state index >= 15 is 0 Å². The Labute approximate surface area is 106 Å². The molecule has 1 aliphatic rings. The van der Waals surface area contributed by atoms with Crippen LogP contribution in [0.2, 0.25) is 0 Å². The first-order valence-corrected chi connectivity index (χ1v) is 6.22. The fraction of sp³-hybridized carbons (Fsp3) is 0.667. The Morgan fingerprint density at radius 3 is 2.67 bits per heavy atom. The van der Waals surface area contributed by atoms with Gasteiger partial charge in [0.25, 0.3) is 5.91 Å². The number of anilines is 1. The van der Waals surface area contributed by atoms with Crippen LogP contribution in [-0.2, 0) is 6.54 Å². The molecule has 6 heteroatoms. The number of aromatic nitrogens is 2. The Hall–Kier alpha value is -1.56. The molecule has 0 atom stereocenters. The molecule has 0 spiro atoms. The number of nitrogens with zero attached hydrogens (tertiary/aromatic N) is 3. The third-order valence-corrected chi connectivity index (χ3v) is 3.61. The van der Waals surface area contributed by atoms with Crippen LogP contribution in [0.4, 0.5) is 5.69 Å². The second-order valence-corrected chi connectivity index (χ2v) is 5.21. The van der Waals surface area contributed by atoms with Crippen LogP contribution < -0.4 is 5.73 Å². The normalized spacial score (nSPS) is 17.9. The molecule has 1 aromatic rings. The number of hydrogen-bond acceptors (Lipinski definition) is 4. The summed E-state index contributed by atoms with van der Waals surface area (Å²) in [6, 6.07) is 0. The Bertz CT molecular complexity index is 461. The highest BCUT2D eigenvalue weighted by atomic mass is 16.3. The number of carbonyl (C=O) groups excluding carboxylic acids is 1. The number of nitrogen functional groups attached to an aromatic ring is 1. The van der Waals surface area contributed by atoms with Crippen molar-refractivity contribution in [2.24, 2.45) is 5.92 Å². The zero-order chi connectivity index (χ0) is 13.5. The van der Waals surface area contributed by atoms with Crippen molar-refractivity contribution in [2.45, 2.75) is 32.9 Å². The molecule has 0 unspecified atom stereocenters. The van der Waals surface area contributed by atoms with Gasteiger partial charge in [-0.1, -0.05) is 13.8 Å². The van der Waals surface area contributed by atoms with Gasteiger partial charge in [0.2, 0.25) is 0 Å². The van der Waals surface area contributed by atoms with Gasteiger partial charge >= 0.3 is 0 Å². The molecule has 2 heterocycles. The number of β-amino-alcohol motifs (C(OH)–C–C–N with tert-alkyl or cyclic N) is 1. The van der Waals surface area contributed by atoms with Crippen molar-refractivity contribution in [1.82, 2.24) is 14.7 Å². The first-order valence-electron chi connectivity index (χ1n) is 6.22. The molecule has 1 aliphatic heterocycles. The molecule has 0 bridgehead atoms. The Balaban J connectivity index is 2.08. The fourth-order valence-electron chi connectivity index (χ4n) is 2.04. The van der Waals surface area contributed by atoms with Crippen molar-refractivity contribution in [2.75, 3.05) is 18.8 Å². The van der Waals surface area contributed by atoms with Crippen LogP contribution in [0.5, 0.6) is 0 Å². The number of carbonyl (C=O) groups is 1. The van der Waals surface area contributed by atoms with Gasteiger partial charge in [-0.15, -0.1) is 0 Å². The Morgan fingerprint density at radius 2 is 2.22 bits per heavy atom. The van der Waals surface area contributed by atoms with Crippen LogP contribution in [0.1, 0.15) is 31.3 Å². The van der Waals surface area contributed by atoms with Gasteiger partial charge < -0.3 is 15.7 Å². The van der Waals surface area contributed by atoms with E-state index in [2.05, 4.69) is 5.10 Å². The maximum atomic E-state index is 12.1. The number of rotatable bonds is 3. The molecule has 6 nitrogen and oxygen atoms in total. The lowest BCUT2D eigenvalue weighted by atomic mass is 9.83. The standard InChI is InChI=1S/C12H20N4O2/c1-4-16-5-9(13)10(14-16)11(17)15-6-12(18,7-15)8(2)3/h5,8,18H,4,6-7,13H2,1-3H3. The highest BCUT2D eigenvalue weighted by Crippen LogP contribution is 2.30. The molecular formula is C12H20N4O2. The molecule has 1 amide bonds. The lowest BCUT2D eigenvalue weighted by Crippen LogP contribution is -2.66. The van der Waals surface area contributed by atoms with E-state index in [-0.39, 0.29) is 17.5 Å². The number of amides is 1. The van der Waals surface area contributed by atoms with Gasteiger partial charge in [-0.05, 0) is 12.8 Å². The van der Waals surface area contributed by atoms with E-state index in [1.807, 2.05) is 20.8 Å². The van der Waals surface area contributed by atoms with Gasteiger partial charge in [0.1, 0.15) is 5.60 Å². The summed E-state index contributed by atoms with van der Waals surface area (Å²) in [5.41, 5.74) is 5.67. The van der Waals surface area contributed by atoms with Crippen LogP contribution in [-0.4, -0.2) is 44.4 Å². The molecule has 18 heavy (non-hydrogen) atoms. The predicted octanol–water partition coefficient (Wildman–Crippen LogP) is 0.328. The van der Waals surface area contributed by atoms with E-state index in [4.69, 9.17) is 5.73 Å². The van der Waals surface area contributed by atoms with Gasteiger partial charge in [-0.3, -0.25) is 9.48 Å². The molecule has 2 rings (SSSR count). The number of hydrogen-bond donors (Lipinski definition) is 2. The second-order valence-electron chi connectivity index (χ2n) is 5.21. The monoisotopic (exact) mass is 252 g/mol. The summed E-state index contributed by atoms with van der Waals surface area (Å²) in [6.45, 7) is 7.20. The number of likely N-dealkylation sites (tertiary alicyclic amines) is 1. The van der Waals surface area contributed by atoms with Gasteiger partial charge in [0, 0.05) is 12.7 Å². The van der Waals surface area contributed by atoms with Crippen molar-refractivity contribution in [3.05, 3.63) is 11.9 Å². The van der Waals surface area contributed by atoms with Crippen molar-refractivity contribution >= 4 is 11.6 Å². The summed E-state index contributed by atoms with van der Waals surface area (Å²) in [4.78, 5) is 13.7. The summed E-state index contributed by atoms with van der Waals surface area (Å²) >= 11 is 0. The van der Waals surface area contributed by atoms with Crippen LogP contribution in [0, 0.1) is 5.92 Å². The number of aryl methyl sites for hydroxylation is 1. The van der Waals surface area contributed by atoms with E-state index in [0.29, 0.717) is 25.3 Å². The maximum Gasteiger partial charge on any atom is 0.276 e. The van der Waals surface area contributed by atoms with Crippen LogP contribution >= 0.6 is 0 Å². The van der Waals surface area contributed by atoms with E-state index in [9.17, 15) is 9.90 Å². The highest BCUT2D eigenvalue weighted by Gasteiger charge is 2.46. The molecule has 1 aromatic heterocycles. The van der Waals surface area contributed by atoms with E-state index in [1.165, 1.54) is 0 Å². The lowest BCUT2D eigenvalue weighted by Gasteiger charge is -2.48. The maximum absolute atomic E-state index is 12.1. The van der Waals surface area contributed by atoms with Crippen molar-refractivity contribution < 1.29 is 9.90 Å². The SMILES string of the molecule is CCn1cc(N)c(C(=O)N2CC(O)(C(C)C)C2)n1. The number of aliphatic hydroxyl groups is 1. The van der Waals surface area contributed by atoms with Crippen LogP contribution in [0.3, 0.4) is 0 Å². The largest absolute Gasteiger partial charge is 0.396 e. The minimum absolute atomic E-state index is 0.132. The first-order chi connectivity index (χ1) is 8.37. The topological polar surface area (TPSA) is 84.4 Å². The molecule has 100 valence electrons. The smallest absolute Gasteiger partial charge is 0.276 e. The Kier molecular flexibility index (Phi) is 3.06. The van der Waals surface area contributed by atoms with Crippen LogP contribution in [0.15, 0.2) is 6.20 Å². The Morgan fingerprint density at radius 1 is 1.61 bits per heavy atom.